The Hall–Kier alpha value is -2.04. The maximum atomic E-state index is 11.9. The largest absolute Gasteiger partial charge is 0.355 e. The summed E-state index contributed by atoms with van der Waals surface area (Å²) >= 11 is 0. The molecule has 1 aromatic rings. The van der Waals surface area contributed by atoms with Gasteiger partial charge in [0.15, 0.2) is 0 Å². The van der Waals surface area contributed by atoms with Crippen LogP contribution in [0.15, 0.2) is 12.1 Å². The summed E-state index contributed by atoms with van der Waals surface area (Å²) in [6, 6.07) is 2.20. The molecule has 5 nitrogen and oxygen atoms in total. The molecule has 2 N–H and O–H groups in total. The van der Waals surface area contributed by atoms with E-state index in [-0.39, 0.29) is 11.8 Å². The Morgan fingerprint density at radius 1 is 1.41 bits per heavy atom. The van der Waals surface area contributed by atoms with Gasteiger partial charge in [-0.3, -0.25) is 9.59 Å². The molecule has 0 aliphatic heterocycles. The van der Waals surface area contributed by atoms with Crippen molar-refractivity contribution in [2.75, 3.05) is 6.54 Å². The number of aromatic nitrogens is 1. The van der Waals surface area contributed by atoms with Crippen molar-refractivity contribution in [3.8, 4) is 0 Å². The average Bonchev–Trinajstić information content (AvgIpc) is 3.24. The molecule has 1 aliphatic carbocycles. The fourth-order valence-corrected chi connectivity index (χ4v) is 2.69. The number of nitrogens with zero attached hydrogens (tertiary/aromatic N) is 1. The lowest BCUT2D eigenvalue weighted by atomic mass is 10.2. The Morgan fingerprint density at radius 2 is 2.09 bits per heavy atom. The maximum Gasteiger partial charge on any atom is 0.244 e. The second kappa shape index (κ2) is 6.81. The molecule has 0 bridgehead atoms. The van der Waals surface area contributed by atoms with Crippen molar-refractivity contribution in [1.82, 2.24) is 15.2 Å². The fourth-order valence-electron chi connectivity index (χ4n) is 2.69. The van der Waals surface area contributed by atoms with Crippen molar-refractivity contribution >= 4 is 17.9 Å². The number of nitrogens with one attached hydrogen (secondary N) is 2. The minimum Gasteiger partial charge on any atom is -0.355 e. The van der Waals surface area contributed by atoms with Gasteiger partial charge in [-0.15, -0.1) is 0 Å². The Labute approximate surface area is 131 Å². The Morgan fingerprint density at radius 3 is 2.68 bits per heavy atom. The van der Waals surface area contributed by atoms with Crippen molar-refractivity contribution in [3.63, 3.8) is 0 Å². The molecule has 0 spiro atoms. The van der Waals surface area contributed by atoms with E-state index in [1.54, 1.807) is 6.92 Å². The van der Waals surface area contributed by atoms with E-state index in [1.807, 2.05) is 13.0 Å². The third-order valence-electron chi connectivity index (χ3n) is 3.95. The van der Waals surface area contributed by atoms with E-state index < -0.39 is 6.04 Å². The predicted molar refractivity (Wildman–Crippen MR) is 87.5 cm³/mol. The van der Waals surface area contributed by atoms with Crippen molar-refractivity contribution in [2.45, 2.75) is 52.6 Å². The minimum atomic E-state index is -0.531. The highest BCUT2D eigenvalue weighted by Crippen LogP contribution is 2.38. The number of rotatable bonds is 6. The zero-order valence-electron chi connectivity index (χ0n) is 13.8. The quantitative estimate of drug-likeness (QED) is 0.791. The number of hydrogen-bond acceptors (Lipinski definition) is 2. The number of carbonyl (C=O) groups is 2. The summed E-state index contributed by atoms with van der Waals surface area (Å²) in [5.74, 6) is -0.425. The first kappa shape index (κ1) is 16.3. The maximum absolute atomic E-state index is 11.9. The summed E-state index contributed by atoms with van der Waals surface area (Å²) < 4.78 is 2.34. The number of hydrogen-bond donors (Lipinski definition) is 2. The first-order chi connectivity index (χ1) is 10.4. The van der Waals surface area contributed by atoms with Crippen LogP contribution in [-0.2, 0) is 9.59 Å². The van der Waals surface area contributed by atoms with Gasteiger partial charge in [0.05, 0.1) is 0 Å². The molecule has 2 rings (SSSR count). The summed E-state index contributed by atoms with van der Waals surface area (Å²) in [5, 5.41) is 5.35. The van der Waals surface area contributed by atoms with Crippen molar-refractivity contribution < 1.29 is 9.59 Å². The number of likely N-dealkylation sites (N-methyl/N-ethyl adjacent to an activating group) is 1. The molecular formula is C17H25N3O2. The molecule has 1 aliphatic rings. The molecule has 120 valence electrons. The van der Waals surface area contributed by atoms with E-state index in [9.17, 15) is 9.59 Å². The van der Waals surface area contributed by atoms with Gasteiger partial charge in [-0.1, -0.05) is 0 Å². The van der Waals surface area contributed by atoms with E-state index in [0.29, 0.717) is 12.6 Å². The second-order valence-electron chi connectivity index (χ2n) is 5.89. The highest BCUT2D eigenvalue weighted by molar-refractivity contribution is 5.95. The minimum absolute atomic E-state index is 0.170. The summed E-state index contributed by atoms with van der Waals surface area (Å²) in [5.41, 5.74) is 3.49. The summed E-state index contributed by atoms with van der Waals surface area (Å²) in [4.78, 5) is 23.5. The normalized spacial score (nSPS) is 15.8. The van der Waals surface area contributed by atoms with Crippen LogP contribution in [0.25, 0.3) is 6.08 Å². The van der Waals surface area contributed by atoms with Crippen LogP contribution in [0.4, 0.5) is 0 Å². The molecule has 0 aromatic carbocycles. The second-order valence-corrected chi connectivity index (χ2v) is 5.89. The van der Waals surface area contributed by atoms with Crippen LogP contribution in [0.3, 0.4) is 0 Å². The van der Waals surface area contributed by atoms with E-state index >= 15 is 0 Å². The topological polar surface area (TPSA) is 63.1 Å². The van der Waals surface area contributed by atoms with Gasteiger partial charge in [-0.25, -0.2) is 0 Å². The molecule has 1 saturated carbocycles. The Balaban J connectivity index is 1.98. The van der Waals surface area contributed by atoms with Gasteiger partial charge in [0, 0.05) is 30.1 Å². The third-order valence-corrected chi connectivity index (χ3v) is 3.95. The van der Waals surface area contributed by atoms with Crippen LogP contribution in [0.2, 0.25) is 0 Å². The van der Waals surface area contributed by atoms with Gasteiger partial charge in [-0.05, 0) is 58.2 Å². The molecule has 22 heavy (non-hydrogen) atoms. The molecule has 1 aromatic heterocycles. The summed E-state index contributed by atoms with van der Waals surface area (Å²) in [6.07, 6.45) is 5.80. The molecule has 1 fully saturated rings. The third kappa shape index (κ3) is 3.78. The van der Waals surface area contributed by atoms with Gasteiger partial charge in [0.2, 0.25) is 11.8 Å². The van der Waals surface area contributed by atoms with E-state index in [1.165, 1.54) is 30.3 Å². The molecule has 0 radical (unpaired) electrons. The molecule has 2 amide bonds. The first-order valence-electron chi connectivity index (χ1n) is 7.88. The van der Waals surface area contributed by atoms with Crippen molar-refractivity contribution in [3.05, 3.63) is 29.1 Å². The Bertz CT molecular complexity index is 597. The van der Waals surface area contributed by atoms with Gasteiger partial charge in [0.25, 0.3) is 0 Å². The molecule has 5 heteroatoms. The zero-order chi connectivity index (χ0) is 16.3. The highest BCUT2D eigenvalue weighted by atomic mass is 16.2. The molecule has 1 atom stereocenters. The lowest BCUT2D eigenvalue weighted by molar-refractivity contribution is -0.126. The van der Waals surface area contributed by atoms with E-state index in [2.05, 4.69) is 35.1 Å². The standard InChI is InChI=1S/C17H25N3O2/c1-5-18-17(22)12(3)19-16(21)9-6-14-10-11(2)20(13(14)4)15-7-8-15/h6,9-10,12,15H,5,7-8H2,1-4H3,(H,18,22)(H,19,21)/b9-6+/t12-/m1/s1. The van der Waals surface area contributed by atoms with Crippen LogP contribution in [0.1, 0.15) is 49.7 Å². The molecule has 0 unspecified atom stereocenters. The molecule has 1 heterocycles. The number of amides is 2. The van der Waals surface area contributed by atoms with Crippen molar-refractivity contribution in [1.29, 1.82) is 0 Å². The predicted octanol–water partition coefficient (Wildman–Crippen LogP) is 2.09. The van der Waals surface area contributed by atoms with Crippen LogP contribution in [0.5, 0.6) is 0 Å². The van der Waals surface area contributed by atoms with Crippen LogP contribution < -0.4 is 10.6 Å². The van der Waals surface area contributed by atoms with Gasteiger partial charge >= 0.3 is 0 Å². The SMILES string of the molecule is CCNC(=O)[C@@H](C)NC(=O)/C=C/c1cc(C)n(C2CC2)c1C. The summed E-state index contributed by atoms with van der Waals surface area (Å²) in [7, 11) is 0. The first-order valence-corrected chi connectivity index (χ1v) is 7.88. The molecular weight excluding hydrogens is 278 g/mol. The van der Waals surface area contributed by atoms with Gasteiger partial charge in [-0.2, -0.15) is 0 Å². The summed E-state index contributed by atoms with van der Waals surface area (Å²) in [6.45, 7) is 8.26. The van der Waals surface area contributed by atoms with Gasteiger partial charge < -0.3 is 15.2 Å². The van der Waals surface area contributed by atoms with E-state index in [4.69, 9.17) is 0 Å². The van der Waals surface area contributed by atoms with Crippen molar-refractivity contribution in [2.24, 2.45) is 0 Å². The molecule has 0 saturated heterocycles. The highest BCUT2D eigenvalue weighted by Gasteiger charge is 2.26. The fraction of sp³-hybridized carbons (Fsp3) is 0.529. The lowest BCUT2D eigenvalue weighted by Crippen LogP contribution is -2.44. The Kier molecular flexibility index (Phi) is 5.06. The zero-order valence-corrected chi connectivity index (χ0v) is 13.8. The van der Waals surface area contributed by atoms with E-state index in [0.717, 1.165) is 5.56 Å². The lowest BCUT2D eigenvalue weighted by Gasteiger charge is -2.11. The van der Waals surface area contributed by atoms with Gasteiger partial charge in [0.1, 0.15) is 6.04 Å². The smallest absolute Gasteiger partial charge is 0.244 e. The monoisotopic (exact) mass is 303 g/mol. The van der Waals surface area contributed by atoms with Crippen LogP contribution in [-0.4, -0.2) is 29.0 Å². The number of carbonyl (C=O) groups excluding carboxylic acids is 2. The average molecular weight is 303 g/mol. The van der Waals surface area contributed by atoms with Crippen LogP contribution in [0, 0.1) is 13.8 Å². The number of aryl methyl sites for hydroxylation is 1. The van der Waals surface area contributed by atoms with Crippen LogP contribution >= 0.6 is 0 Å².